The Labute approximate surface area is 65.8 Å². The van der Waals surface area contributed by atoms with Crippen molar-refractivity contribution in [3.63, 3.8) is 0 Å². The SMILES string of the molecule is ClC1=C(Cl)CCCCC1. The van der Waals surface area contributed by atoms with E-state index in [2.05, 4.69) is 0 Å². The topological polar surface area (TPSA) is 0 Å². The minimum absolute atomic E-state index is 0.883. The predicted molar refractivity (Wildman–Crippen MR) is 41.8 cm³/mol. The molecule has 9 heavy (non-hydrogen) atoms. The van der Waals surface area contributed by atoms with Crippen LogP contribution in [-0.4, -0.2) is 0 Å². The van der Waals surface area contributed by atoms with E-state index < -0.39 is 0 Å². The standard InChI is InChI=1S/C7H10Cl2/c8-6-4-2-1-3-5-7(6)9/h1-5H2. The van der Waals surface area contributed by atoms with Crippen LogP contribution in [-0.2, 0) is 0 Å². The second-order valence-corrected chi connectivity index (χ2v) is 3.28. The fourth-order valence-electron chi connectivity index (χ4n) is 1.01. The van der Waals surface area contributed by atoms with Crippen LogP contribution in [0.4, 0.5) is 0 Å². The lowest BCUT2D eigenvalue weighted by molar-refractivity contribution is 0.714. The highest BCUT2D eigenvalue weighted by atomic mass is 35.5. The molecule has 0 bridgehead atoms. The highest BCUT2D eigenvalue weighted by molar-refractivity contribution is 6.39. The lowest BCUT2D eigenvalue weighted by Gasteiger charge is -1.93. The normalized spacial score (nSPS) is 22.0. The van der Waals surface area contributed by atoms with E-state index in [9.17, 15) is 0 Å². The van der Waals surface area contributed by atoms with E-state index in [1.54, 1.807) is 0 Å². The van der Waals surface area contributed by atoms with Crippen LogP contribution >= 0.6 is 23.2 Å². The van der Waals surface area contributed by atoms with E-state index in [0.29, 0.717) is 0 Å². The molecule has 1 aliphatic rings. The summed E-state index contributed by atoms with van der Waals surface area (Å²) in [5.74, 6) is 0. The molecule has 0 heterocycles. The van der Waals surface area contributed by atoms with E-state index in [1.165, 1.54) is 19.3 Å². The number of rotatable bonds is 0. The molecule has 1 rings (SSSR count). The summed E-state index contributed by atoms with van der Waals surface area (Å²) in [6.45, 7) is 0. The van der Waals surface area contributed by atoms with Gasteiger partial charge in [0.15, 0.2) is 0 Å². The van der Waals surface area contributed by atoms with Gasteiger partial charge in [0.2, 0.25) is 0 Å². The smallest absolute Gasteiger partial charge is 0.0325 e. The number of hydrogen-bond acceptors (Lipinski definition) is 0. The first-order valence-electron chi connectivity index (χ1n) is 3.34. The summed E-state index contributed by atoms with van der Waals surface area (Å²) >= 11 is 11.6. The fourth-order valence-corrected chi connectivity index (χ4v) is 1.46. The first kappa shape index (κ1) is 7.43. The molecule has 52 valence electrons. The molecule has 0 aromatic rings. The van der Waals surface area contributed by atoms with Gasteiger partial charge in [-0.25, -0.2) is 0 Å². The Balaban J connectivity index is 2.55. The Kier molecular flexibility index (Phi) is 2.87. The minimum atomic E-state index is 0.883. The minimum Gasteiger partial charge on any atom is -0.0879 e. The first-order valence-corrected chi connectivity index (χ1v) is 4.09. The molecule has 0 aliphatic heterocycles. The molecular formula is C7H10Cl2. The summed E-state index contributed by atoms with van der Waals surface area (Å²) in [7, 11) is 0. The Morgan fingerprint density at radius 1 is 0.778 bits per heavy atom. The average molecular weight is 165 g/mol. The Morgan fingerprint density at radius 3 is 1.67 bits per heavy atom. The van der Waals surface area contributed by atoms with E-state index in [1.807, 2.05) is 0 Å². The summed E-state index contributed by atoms with van der Waals surface area (Å²) in [6, 6.07) is 0. The van der Waals surface area contributed by atoms with Crippen molar-refractivity contribution in [3.05, 3.63) is 10.1 Å². The van der Waals surface area contributed by atoms with Crippen LogP contribution in [0.1, 0.15) is 32.1 Å². The molecule has 0 N–H and O–H groups in total. The first-order chi connectivity index (χ1) is 4.30. The summed E-state index contributed by atoms with van der Waals surface area (Å²) in [4.78, 5) is 0. The molecule has 0 saturated heterocycles. The molecular weight excluding hydrogens is 155 g/mol. The molecule has 0 atom stereocenters. The second kappa shape index (κ2) is 3.48. The zero-order chi connectivity index (χ0) is 6.69. The summed E-state index contributed by atoms with van der Waals surface area (Å²) in [5, 5.41) is 1.77. The Bertz CT molecular complexity index is 113. The monoisotopic (exact) mass is 164 g/mol. The van der Waals surface area contributed by atoms with Crippen LogP contribution in [0.2, 0.25) is 0 Å². The van der Waals surface area contributed by atoms with Gasteiger partial charge in [-0.05, 0) is 25.7 Å². The fraction of sp³-hybridized carbons (Fsp3) is 0.714. The summed E-state index contributed by atoms with van der Waals surface area (Å²) in [5.41, 5.74) is 0. The van der Waals surface area contributed by atoms with Gasteiger partial charge in [0.1, 0.15) is 0 Å². The van der Waals surface area contributed by atoms with Gasteiger partial charge in [0.05, 0.1) is 0 Å². The van der Waals surface area contributed by atoms with Crippen LogP contribution < -0.4 is 0 Å². The Morgan fingerprint density at radius 2 is 1.22 bits per heavy atom. The average Bonchev–Trinajstić information content (AvgIpc) is 1.99. The van der Waals surface area contributed by atoms with Gasteiger partial charge in [-0.3, -0.25) is 0 Å². The molecule has 0 radical (unpaired) electrons. The van der Waals surface area contributed by atoms with Gasteiger partial charge in [-0.1, -0.05) is 29.6 Å². The van der Waals surface area contributed by atoms with Gasteiger partial charge in [-0.2, -0.15) is 0 Å². The molecule has 0 saturated carbocycles. The van der Waals surface area contributed by atoms with Gasteiger partial charge >= 0.3 is 0 Å². The highest BCUT2D eigenvalue weighted by Crippen LogP contribution is 2.28. The van der Waals surface area contributed by atoms with Crippen LogP contribution in [0.15, 0.2) is 10.1 Å². The quantitative estimate of drug-likeness (QED) is 0.514. The van der Waals surface area contributed by atoms with Crippen molar-refractivity contribution in [1.82, 2.24) is 0 Å². The van der Waals surface area contributed by atoms with Crippen molar-refractivity contribution in [3.8, 4) is 0 Å². The van der Waals surface area contributed by atoms with Crippen molar-refractivity contribution >= 4 is 23.2 Å². The van der Waals surface area contributed by atoms with Crippen molar-refractivity contribution < 1.29 is 0 Å². The van der Waals surface area contributed by atoms with Crippen LogP contribution in [0.25, 0.3) is 0 Å². The summed E-state index contributed by atoms with van der Waals surface area (Å²) < 4.78 is 0. The zero-order valence-electron chi connectivity index (χ0n) is 5.29. The third kappa shape index (κ3) is 2.19. The maximum Gasteiger partial charge on any atom is 0.0325 e. The van der Waals surface area contributed by atoms with Crippen LogP contribution in [0.5, 0.6) is 0 Å². The van der Waals surface area contributed by atoms with Crippen molar-refractivity contribution in [2.45, 2.75) is 32.1 Å². The van der Waals surface area contributed by atoms with Gasteiger partial charge in [0, 0.05) is 10.1 Å². The van der Waals surface area contributed by atoms with Crippen LogP contribution in [0, 0.1) is 0 Å². The molecule has 0 nitrogen and oxygen atoms in total. The number of allylic oxidation sites excluding steroid dienone is 2. The van der Waals surface area contributed by atoms with Crippen LogP contribution in [0.3, 0.4) is 0 Å². The van der Waals surface area contributed by atoms with E-state index in [-0.39, 0.29) is 0 Å². The maximum absolute atomic E-state index is 5.82. The van der Waals surface area contributed by atoms with Gasteiger partial charge in [-0.15, -0.1) is 0 Å². The lowest BCUT2D eigenvalue weighted by atomic mass is 10.2. The molecule has 0 aromatic carbocycles. The summed E-state index contributed by atoms with van der Waals surface area (Å²) in [6.07, 6.45) is 5.65. The maximum atomic E-state index is 5.82. The van der Waals surface area contributed by atoms with E-state index >= 15 is 0 Å². The molecule has 1 aliphatic carbocycles. The second-order valence-electron chi connectivity index (χ2n) is 2.37. The molecule has 0 aromatic heterocycles. The van der Waals surface area contributed by atoms with Crippen molar-refractivity contribution in [2.24, 2.45) is 0 Å². The number of hydrogen-bond donors (Lipinski definition) is 0. The highest BCUT2D eigenvalue weighted by Gasteiger charge is 2.05. The predicted octanol–water partition coefficient (Wildman–Crippen LogP) is 3.64. The van der Waals surface area contributed by atoms with Crippen molar-refractivity contribution in [2.75, 3.05) is 0 Å². The van der Waals surface area contributed by atoms with Gasteiger partial charge in [0.25, 0.3) is 0 Å². The van der Waals surface area contributed by atoms with Gasteiger partial charge < -0.3 is 0 Å². The third-order valence-corrected chi connectivity index (χ3v) is 2.52. The lowest BCUT2D eigenvalue weighted by Crippen LogP contribution is -1.72. The zero-order valence-corrected chi connectivity index (χ0v) is 6.80. The van der Waals surface area contributed by atoms with E-state index in [4.69, 9.17) is 23.2 Å². The third-order valence-electron chi connectivity index (χ3n) is 1.59. The molecule has 0 amide bonds. The largest absolute Gasteiger partial charge is 0.0879 e. The van der Waals surface area contributed by atoms with E-state index in [0.717, 1.165) is 22.9 Å². The number of halogens is 2. The molecule has 2 heteroatoms. The van der Waals surface area contributed by atoms with Crippen molar-refractivity contribution in [1.29, 1.82) is 0 Å². The molecule has 0 spiro atoms. The molecule has 0 unspecified atom stereocenters. The Hall–Kier alpha value is 0.320. The molecule has 0 fully saturated rings.